The molecular formula is C78H180N14O15. The molecule has 1 aliphatic rings. The molecule has 5 amide bonds. The van der Waals surface area contributed by atoms with E-state index in [1.54, 1.807) is 20.9 Å². The van der Waals surface area contributed by atoms with Gasteiger partial charge in [-0.1, -0.05) is 225 Å². The lowest BCUT2D eigenvalue weighted by molar-refractivity contribution is -0.146. The average molecular weight is 1550 g/mol. The van der Waals surface area contributed by atoms with Gasteiger partial charge in [0.05, 0.1) is 6.54 Å². The number of carbonyl (C=O) groups excluding carboxylic acids is 14. The second kappa shape index (κ2) is 160. The highest BCUT2D eigenvalue weighted by atomic mass is 16.3. The Balaban J connectivity index is -0.0000000354. The number of rotatable bonds is 17. The Kier molecular flexibility index (Phi) is 253. The summed E-state index contributed by atoms with van der Waals surface area (Å²) in [7, 11) is 9.07. The predicted octanol–water partition coefficient (Wildman–Crippen LogP) is 12.4. The van der Waals surface area contributed by atoms with E-state index in [0.717, 1.165) is 56.3 Å². The first-order chi connectivity index (χ1) is 48.6. The summed E-state index contributed by atoms with van der Waals surface area (Å²) in [6.07, 6.45) is 8.90. The van der Waals surface area contributed by atoms with Crippen molar-refractivity contribution < 1.29 is 73.7 Å². The molecule has 1 unspecified atom stereocenters. The lowest BCUT2D eigenvalue weighted by Crippen LogP contribution is -2.58. The van der Waals surface area contributed by atoms with E-state index in [0.29, 0.717) is 19.5 Å². The van der Waals surface area contributed by atoms with Crippen molar-refractivity contribution in [2.45, 2.75) is 248 Å². The number of carbonyl (C=O) groups is 14. The minimum absolute atomic E-state index is 0. The van der Waals surface area contributed by atoms with Crippen LogP contribution in [0.1, 0.15) is 224 Å². The molecule has 26 N–H and O–H groups in total. The van der Waals surface area contributed by atoms with Crippen molar-refractivity contribution in [3.05, 3.63) is 71.8 Å². The Labute approximate surface area is 658 Å². The Morgan fingerprint density at radius 3 is 0.925 bits per heavy atom. The Hall–Kier alpha value is -7.58. The first kappa shape index (κ1) is 169. The first-order valence-corrected chi connectivity index (χ1v) is 34.6. The number of nitrogens with one attached hydrogen (secondary N) is 2. The zero-order valence-corrected chi connectivity index (χ0v) is 74.2. The number of piperidine rings is 1. The van der Waals surface area contributed by atoms with Gasteiger partial charge in [-0.3, -0.25) is 24.0 Å². The third kappa shape index (κ3) is 149. The molecule has 0 saturated carbocycles. The quantitative estimate of drug-likeness (QED) is 0.0700. The number of aliphatic hydroxyl groups is 1. The number of nitrogens with zero attached hydrogens (tertiary/aromatic N) is 3. The number of hydrogen-bond acceptors (Lipinski definition) is 24. The van der Waals surface area contributed by atoms with Crippen LogP contribution in [-0.4, -0.2) is 197 Å². The third-order valence-electron chi connectivity index (χ3n) is 11.5. The van der Waals surface area contributed by atoms with Crippen LogP contribution >= 0.6 is 0 Å². The summed E-state index contributed by atoms with van der Waals surface area (Å²) in [5, 5.41) is 13.7. The van der Waals surface area contributed by atoms with Crippen molar-refractivity contribution in [2.75, 3.05) is 61.9 Å². The number of aliphatic hydroxyl groups excluding tert-OH is 1. The summed E-state index contributed by atoms with van der Waals surface area (Å²) in [4.78, 5) is 141. The van der Waals surface area contributed by atoms with Crippen molar-refractivity contribution in [3.8, 4) is 0 Å². The van der Waals surface area contributed by atoms with Crippen LogP contribution in [0.3, 0.4) is 0 Å². The van der Waals surface area contributed by atoms with Gasteiger partial charge in [0.2, 0.25) is 29.5 Å². The number of hydrogen-bond donors (Lipinski definition) is 12. The predicted molar refractivity (Wildman–Crippen MR) is 462 cm³/mol. The molecule has 652 valence electrons. The van der Waals surface area contributed by atoms with Gasteiger partial charge in [0, 0.05) is 41.6 Å². The maximum Gasteiger partial charge on any atom is 0.245 e. The Morgan fingerprint density at radius 1 is 0.467 bits per heavy atom. The molecule has 29 heteroatoms. The van der Waals surface area contributed by atoms with E-state index in [4.69, 9.17) is 48.3 Å². The summed E-state index contributed by atoms with van der Waals surface area (Å²) in [5.74, 6) is 0.994. The van der Waals surface area contributed by atoms with Crippen LogP contribution in [0.5, 0.6) is 0 Å². The summed E-state index contributed by atoms with van der Waals surface area (Å²) >= 11 is 0. The molecule has 29 nitrogen and oxygen atoms in total. The van der Waals surface area contributed by atoms with Crippen LogP contribution in [0.15, 0.2) is 60.7 Å². The molecule has 1 heterocycles. The average Bonchev–Trinajstić information content (AvgIpc) is 0.816. The number of amides is 5. The van der Waals surface area contributed by atoms with Crippen LogP contribution in [0.25, 0.3) is 0 Å². The zero-order chi connectivity index (χ0) is 86.5. The molecule has 1 saturated heterocycles. The lowest BCUT2D eigenvalue weighted by atomic mass is 9.95. The van der Waals surface area contributed by atoms with Crippen LogP contribution in [-0.2, 0) is 80.0 Å². The van der Waals surface area contributed by atoms with Crippen LogP contribution in [0, 0.1) is 35.5 Å². The maximum absolute atomic E-state index is 13.6. The molecular weight excluding hydrogens is 1370 g/mol. The molecule has 4 atom stereocenters. The molecule has 2 aromatic carbocycles. The fraction of sp³-hybridized carbons (Fsp3) is 0.667. The molecule has 1 aliphatic heterocycles. The highest BCUT2D eigenvalue weighted by Gasteiger charge is 2.36. The van der Waals surface area contributed by atoms with E-state index >= 15 is 0 Å². The van der Waals surface area contributed by atoms with E-state index in [-0.39, 0.29) is 86.2 Å². The fourth-order valence-electron chi connectivity index (χ4n) is 6.09. The molecule has 3 rings (SSSR count). The van der Waals surface area contributed by atoms with Crippen molar-refractivity contribution in [1.29, 1.82) is 0 Å². The number of benzene rings is 2. The standard InChI is InChI=1S/C28H51N5O5.2C8H10.2C5H12.C4H10.C3H8O.2C2H6.4CH5N.9CH2O.5H3N.H2/c1-10-20(6)25(28(38)33-14-12-11-13-15-33)30-26(36)22(16-18(2)3)32(9)23(35)17-31(8)27(37)24(19(4)5)29-21(7)34;2*1-2-8-6-4-3-5-7-8;2*1-4-5(2)3;1-4(2)3;1-3(2)4;15*1-2;;;;;;/h18-20,22,24-25H,10-17H2,1-9H3,(H,29,34)(H,30,36);2*3-7H,2H2,1H3;2*5H,4H2,1-3H3;4H,1-3H3;3-4H,1-2H3;2*1-2H3;4*2H2,1H3;9*1H2;5*1H3;1H/t20?,22-,24-,25-;;;;;;;;;;;;;;;;;;;;;;;;;;;/m0.........................../s1. The summed E-state index contributed by atoms with van der Waals surface area (Å²) in [6.45, 7) is 67.6. The molecule has 2 aromatic rings. The van der Waals surface area contributed by atoms with Gasteiger partial charge in [0.1, 0.15) is 79.2 Å². The topological polar surface area (TPSA) is 572 Å². The smallest absolute Gasteiger partial charge is 0.245 e. The molecule has 0 bridgehead atoms. The van der Waals surface area contributed by atoms with Gasteiger partial charge in [0.15, 0.2) is 0 Å². The Morgan fingerprint density at radius 2 is 0.729 bits per heavy atom. The van der Waals surface area contributed by atoms with E-state index < -0.39 is 24.0 Å². The number of nitrogens with two attached hydrogens (primary N) is 4. The minimum atomic E-state index is -0.789. The molecule has 1 fully saturated rings. The molecule has 0 spiro atoms. The second-order valence-corrected chi connectivity index (χ2v) is 21.6. The number of likely N-dealkylation sites (N-methyl/N-ethyl adjacent to an activating group) is 2. The highest BCUT2D eigenvalue weighted by Crippen LogP contribution is 2.18. The van der Waals surface area contributed by atoms with Gasteiger partial charge >= 0.3 is 0 Å². The van der Waals surface area contributed by atoms with Crippen molar-refractivity contribution in [2.24, 2.45) is 58.4 Å². The molecule has 0 aromatic heterocycles. The van der Waals surface area contributed by atoms with Crippen LogP contribution in [0.2, 0.25) is 0 Å². The SMILES string of the molecule is C=O.C=O.C=O.C=O.C=O.C=O.C=O.C=O.C=O.CC.CC.CC(C)C.CC(C)O.CCC(C)C.CCC(C)C.CCC(C)[C@H](NC(=O)[C@H](CC(C)C)N(C)C(=O)CN(C)C(=O)[C@@H](NC(C)=O)C(C)C)C(=O)N1CCCCC1.CCc1ccccc1.CCc1ccccc1.CN.CN.CN.CN.N.N.N.N.N.[HH]. The van der Waals surface area contributed by atoms with Gasteiger partial charge in [0.25, 0.3) is 0 Å². The minimum Gasteiger partial charge on any atom is -0.394 e. The van der Waals surface area contributed by atoms with Crippen molar-refractivity contribution >= 4 is 90.6 Å². The highest BCUT2D eigenvalue weighted by molar-refractivity contribution is 5.94. The molecule has 0 aliphatic carbocycles. The van der Waals surface area contributed by atoms with Gasteiger partial charge in [-0.2, -0.15) is 0 Å². The molecule has 0 radical (unpaired) electrons. The van der Waals surface area contributed by atoms with Crippen molar-refractivity contribution in [1.82, 2.24) is 56.1 Å². The van der Waals surface area contributed by atoms with Gasteiger partial charge in [-0.05, 0) is 127 Å². The van der Waals surface area contributed by atoms with Gasteiger partial charge in [-0.25, -0.2) is 0 Å². The third-order valence-corrected chi connectivity index (χ3v) is 11.5. The van der Waals surface area contributed by atoms with E-state index in [9.17, 15) is 24.0 Å². The maximum atomic E-state index is 13.6. The van der Waals surface area contributed by atoms with E-state index in [1.165, 1.54) is 75.9 Å². The van der Waals surface area contributed by atoms with Gasteiger partial charge in [-0.15, -0.1) is 0 Å². The van der Waals surface area contributed by atoms with Crippen molar-refractivity contribution in [3.63, 3.8) is 0 Å². The monoisotopic (exact) mass is 1550 g/mol. The zero-order valence-electron chi connectivity index (χ0n) is 74.2. The summed E-state index contributed by atoms with van der Waals surface area (Å²) < 4.78 is 0. The largest absolute Gasteiger partial charge is 0.394 e. The first-order valence-electron chi connectivity index (χ1n) is 34.6. The lowest BCUT2D eigenvalue weighted by Gasteiger charge is -2.35. The number of aryl methyl sites for hydroxylation is 2. The fourth-order valence-corrected chi connectivity index (χ4v) is 6.09. The Bertz CT molecular complexity index is 1760. The summed E-state index contributed by atoms with van der Waals surface area (Å²) in [5.41, 5.74) is 20.8. The second-order valence-electron chi connectivity index (χ2n) is 21.6. The van der Waals surface area contributed by atoms with Crippen LogP contribution in [0.4, 0.5) is 0 Å². The van der Waals surface area contributed by atoms with Crippen LogP contribution < -0.4 is 64.3 Å². The normalized spacial score (nSPS) is 9.60. The summed E-state index contributed by atoms with van der Waals surface area (Å²) in [6, 6.07) is 18.7. The van der Waals surface area contributed by atoms with E-state index in [1.807, 2.05) is 147 Å². The number of likely N-dealkylation sites (tertiary alicyclic amines) is 1. The van der Waals surface area contributed by atoms with Gasteiger partial charge < -0.3 is 127 Å². The molecule has 107 heavy (non-hydrogen) atoms. The van der Waals surface area contributed by atoms with E-state index in [2.05, 4.69) is 158 Å².